The fraction of sp³-hybridized carbons (Fsp3) is 0.294. The summed E-state index contributed by atoms with van der Waals surface area (Å²) in [6.45, 7) is 4.46. The molecule has 4 nitrogen and oxygen atoms in total. The van der Waals surface area contributed by atoms with Crippen LogP contribution in [-0.4, -0.2) is 30.8 Å². The summed E-state index contributed by atoms with van der Waals surface area (Å²) in [6.07, 6.45) is 5.32. The van der Waals surface area contributed by atoms with Crippen molar-refractivity contribution in [2.75, 3.05) is 24.8 Å². The van der Waals surface area contributed by atoms with Crippen LogP contribution in [0.4, 0.5) is 5.69 Å². The van der Waals surface area contributed by atoms with Crippen LogP contribution in [0.2, 0.25) is 0 Å². The van der Waals surface area contributed by atoms with Crippen LogP contribution < -0.4 is 9.64 Å². The Kier molecular flexibility index (Phi) is 5.44. The van der Waals surface area contributed by atoms with Gasteiger partial charge in [0.15, 0.2) is 0 Å². The van der Waals surface area contributed by atoms with Gasteiger partial charge in [-0.25, -0.2) is 0 Å². The number of rotatable bonds is 5. The molecule has 0 atom stereocenters. The van der Waals surface area contributed by atoms with Crippen LogP contribution in [0.15, 0.2) is 41.6 Å². The molecule has 0 aliphatic heterocycles. The van der Waals surface area contributed by atoms with E-state index in [-0.39, 0.29) is 5.91 Å². The Morgan fingerprint density at radius 1 is 1.36 bits per heavy atom. The molecular formula is C17H20N2O2S. The minimum Gasteiger partial charge on any atom is -0.497 e. The van der Waals surface area contributed by atoms with Gasteiger partial charge in [0.2, 0.25) is 0 Å². The lowest BCUT2D eigenvalue weighted by molar-refractivity contribution is 0.0987. The average Bonchev–Trinajstić information content (AvgIpc) is 2.55. The highest BCUT2D eigenvalue weighted by Gasteiger charge is 2.21. The number of hydrogen-bond acceptors (Lipinski definition) is 4. The van der Waals surface area contributed by atoms with Crippen LogP contribution >= 0.6 is 11.8 Å². The first-order chi connectivity index (χ1) is 10.6. The van der Waals surface area contributed by atoms with Gasteiger partial charge in [0.05, 0.1) is 18.4 Å². The lowest BCUT2D eigenvalue weighted by Crippen LogP contribution is -2.31. The number of benzene rings is 1. The summed E-state index contributed by atoms with van der Waals surface area (Å²) in [6, 6.07) is 7.63. The Morgan fingerprint density at radius 2 is 2.14 bits per heavy atom. The molecule has 0 spiro atoms. The fourth-order valence-corrected chi connectivity index (χ4v) is 2.85. The Hall–Kier alpha value is -2.01. The maximum Gasteiger partial charge on any atom is 0.260 e. The quantitative estimate of drug-likeness (QED) is 0.787. The number of amides is 1. The number of anilines is 1. The van der Waals surface area contributed by atoms with E-state index in [4.69, 9.17) is 4.74 Å². The number of thioether (sulfide) groups is 1. The lowest BCUT2D eigenvalue weighted by Gasteiger charge is -2.24. The highest BCUT2D eigenvalue weighted by Crippen LogP contribution is 2.33. The third kappa shape index (κ3) is 3.25. The van der Waals surface area contributed by atoms with E-state index < -0.39 is 0 Å². The van der Waals surface area contributed by atoms with Crippen molar-refractivity contribution in [1.29, 1.82) is 0 Å². The zero-order valence-corrected chi connectivity index (χ0v) is 14.1. The van der Waals surface area contributed by atoms with Crippen molar-refractivity contribution in [1.82, 2.24) is 4.98 Å². The molecule has 0 unspecified atom stereocenters. The third-order valence-electron chi connectivity index (χ3n) is 3.51. The Labute approximate surface area is 135 Å². The molecule has 116 valence electrons. The van der Waals surface area contributed by atoms with Crippen molar-refractivity contribution in [2.24, 2.45) is 0 Å². The first-order valence-corrected chi connectivity index (χ1v) is 8.29. The van der Waals surface area contributed by atoms with Gasteiger partial charge in [-0.1, -0.05) is 0 Å². The molecule has 0 aliphatic rings. The summed E-state index contributed by atoms with van der Waals surface area (Å²) in [5.41, 5.74) is 2.41. The van der Waals surface area contributed by atoms with Crippen LogP contribution in [0.1, 0.15) is 22.8 Å². The van der Waals surface area contributed by atoms with Gasteiger partial charge >= 0.3 is 0 Å². The standard InChI is InChI=1S/C17H20N2O2S/c1-5-19(17(20)14-11-18-9-8-12(14)2)15-10-13(21-3)6-7-16(15)22-4/h6-11H,5H2,1-4H3. The van der Waals surface area contributed by atoms with Gasteiger partial charge in [0, 0.05) is 29.9 Å². The molecule has 0 radical (unpaired) electrons. The molecular weight excluding hydrogens is 296 g/mol. The van der Waals surface area contributed by atoms with E-state index in [9.17, 15) is 4.79 Å². The molecule has 1 aromatic heterocycles. The topological polar surface area (TPSA) is 42.4 Å². The Morgan fingerprint density at radius 3 is 2.73 bits per heavy atom. The molecule has 0 saturated heterocycles. The van der Waals surface area contributed by atoms with Gasteiger partial charge in [-0.2, -0.15) is 0 Å². The predicted molar refractivity (Wildman–Crippen MR) is 91.1 cm³/mol. The van der Waals surface area contributed by atoms with E-state index in [1.807, 2.05) is 44.4 Å². The number of carbonyl (C=O) groups is 1. The van der Waals surface area contributed by atoms with Gasteiger partial charge < -0.3 is 9.64 Å². The summed E-state index contributed by atoms with van der Waals surface area (Å²) in [7, 11) is 1.63. The number of hydrogen-bond donors (Lipinski definition) is 0. The number of aryl methyl sites for hydroxylation is 1. The van der Waals surface area contributed by atoms with Crippen molar-refractivity contribution >= 4 is 23.4 Å². The summed E-state index contributed by atoms with van der Waals surface area (Å²) in [5.74, 6) is 0.693. The molecule has 1 aromatic carbocycles. The number of carbonyl (C=O) groups excluding carboxylic acids is 1. The largest absolute Gasteiger partial charge is 0.497 e. The molecule has 2 aromatic rings. The van der Waals surface area contributed by atoms with E-state index in [1.54, 1.807) is 36.2 Å². The Balaban J connectivity index is 2.48. The van der Waals surface area contributed by atoms with Crippen molar-refractivity contribution in [3.8, 4) is 5.75 Å². The minimum atomic E-state index is -0.0448. The van der Waals surface area contributed by atoms with Crippen molar-refractivity contribution < 1.29 is 9.53 Å². The maximum absolute atomic E-state index is 12.9. The third-order valence-corrected chi connectivity index (χ3v) is 4.29. The van der Waals surface area contributed by atoms with Crippen LogP contribution in [0, 0.1) is 6.92 Å². The van der Waals surface area contributed by atoms with Crippen molar-refractivity contribution in [2.45, 2.75) is 18.7 Å². The molecule has 22 heavy (non-hydrogen) atoms. The molecule has 1 amide bonds. The fourth-order valence-electron chi connectivity index (χ4n) is 2.26. The van der Waals surface area contributed by atoms with Gasteiger partial charge in [-0.3, -0.25) is 9.78 Å². The van der Waals surface area contributed by atoms with Crippen LogP contribution in [-0.2, 0) is 0 Å². The number of ether oxygens (including phenoxy) is 1. The molecule has 0 N–H and O–H groups in total. The van der Waals surface area contributed by atoms with E-state index in [0.29, 0.717) is 12.1 Å². The zero-order chi connectivity index (χ0) is 16.1. The monoisotopic (exact) mass is 316 g/mol. The Bertz CT molecular complexity index is 673. The second kappa shape index (κ2) is 7.31. The van der Waals surface area contributed by atoms with Gasteiger partial charge in [-0.15, -0.1) is 11.8 Å². The smallest absolute Gasteiger partial charge is 0.260 e. The SMILES string of the molecule is CCN(C(=O)c1cnccc1C)c1cc(OC)ccc1SC. The van der Waals surface area contributed by atoms with Crippen LogP contribution in [0.3, 0.4) is 0 Å². The molecule has 2 rings (SSSR count). The van der Waals surface area contributed by atoms with Crippen molar-refractivity contribution in [3.05, 3.63) is 47.8 Å². The van der Waals surface area contributed by atoms with Crippen molar-refractivity contribution in [3.63, 3.8) is 0 Å². The van der Waals surface area contributed by atoms with E-state index in [0.717, 1.165) is 21.9 Å². The first-order valence-electron chi connectivity index (χ1n) is 7.06. The summed E-state index contributed by atoms with van der Waals surface area (Å²) < 4.78 is 5.30. The molecule has 0 fully saturated rings. The highest BCUT2D eigenvalue weighted by atomic mass is 32.2. The normalized spacial score (nSPS) is 10.4. The number of methoxy groups -OCH3 is 1. The predicted octanol–water partition coefficient (Wildman–Crippen LogP) is 3.79. The van der Waals surface area contributed by atoms with Crippen LogP contribution in [0.5, 0.6) is 5.75 Å². The molecule has 0 aliphatic carbocycles. The average molecular weight is 316 g/mol. The minimum absolute atomic E-state index is 0.0448. The second-order valence-electron chi connectivity index (χ2n) is 4.78. The molecule has 1 heterocycles. The molecule has 0 bridgehead atoms. The summed E-state index contributed by atoms with van der Waals surface area (Å²) >= 11 is 1.61. The second-order valence-corrected chi connectivity index (χ2v) is 5.63. The summed E-state index contributed by atoms with van der Waals surface area (Å²) in [4.78, 5) is 19.8. The number of nitrogens with zero attached hydrogens (tertiary/aromatic N) is 2. The van der Waals surface area contributed by atoms with Gasteiger partial charge in [0.25, 0.3) is 5.91 Å². The maximum atomic E-state index is 12.9. The van der Waals surface area contributed by atoms with Crippen LogP contribution in [0.25, 0.3) is 0 Å². The van der Waals surface area contributed by atoms with Gasteiger partial charge in [0.1, 0.15) is 5.75 Å². The lowest BCUT2D eigenvalue weighted by atomic mass is 10.1. The van der Waals surface area contributed by atoms with E-state index in [2.05, 4.69) is 4.98 Å². The number of pyridine rings is 1. The van der Waals surface area contributed by atoms with E-state index in [1.165, 1.54) is 0 Å². The highest BCUT2D eigenvalue weighted by molar-refractivity contribution is 7.98. The number of aromatic nitrogens is 1. The summed E-state index contributed by atoms with van der Waals surface area (Å²) in [5, 5.41) is 0. The first kappa shape index (κ1) is 16.4. The zero-order valence-electron chi connectivity index (χ0n) is 13.3. The van der Waals surface area contributed by atoms with E-state index >= 15 is 0 Å². The molecule has 0 saturated carbocycles. The van der Waals surface area contributed by atoms with Gasteiger partial charge in [-0.05, 0) is 43.9 Å². The molecule has 5 heteroatoms.